The second kappa shape index (κ2) is 5.89. The van der Waals surface area contributed by atoms with E-state index < -0.39 is 0 Å². The summed E-state index contributed by atoms with van der Waals surface area (Å²) in [4.78, 5) is 0. The van der Waals surface area contributed by atoms with Gasteiger partial charge in [-0.05, 0) is 30.0 Å². The Hall–Kier alpha value is -1.26. The van der Waals surface area contributed by atoms with Crippen LogP contribution in [0.5, 0.6) is 0 Å². The number of hydrogen-bond acceptors (Lipinski definition) is 1. The summed E-state index contributed by atoms with van der Waals surface area (Å²) in [5, 5.41) is 3.32. The summed E-state index contributed by atoms with van der Waals surface area (Å²) in [6.07, 6.45) is 7.11. The van der Waals surface area contributed by atoms with Gasteiger partial charge in [-0.3, -0.25) is 0 Å². The van der Waals surface area contributed by atoms with Gasteiger partial charge in [0.05, 0.1) is 0 Å². The van der Waals surface area contributed by atoms with Crippen molar-refractivity contribution in [2.45, 2.75) is 45.1 Å². The van der Waals surface area contributed by atoms with Crippen molar-refractivity contribution < 1.29 is 0 Å². The molecule has 1 rings (SSSR count). The second-order valence-corrected chi connectivity index (χ2v) is 5.46. The molecule has 0 amide bonds. The van der Waals surface area contributed by atoms with Crippen LogP contribution in [0.15, 0.2) is 24.3 Å². The van der Waals surface area contributed by atoms with Gasteiger partial charge in [-0.2, -0.15) is 0 Å². The maximum absolute atomic E-state index is 5.31. The molecule has 0 aliphatic heterocycles. The Balaban J connectivity index is 2.82. The summed E-state index contributed by atoms with van der Waals surface area (Å²) >= 11 is 0. The van der Waals surface area contributed by atoms with Crippen molar-refractivity contribution in [3.8, 4) is 12.3 Å². The molecule has 0 aliphatic carbocycles. The molecule has 0 aliphatic rings. The highest BCUT2D eigenvalue weighted by Gasteiger charge is 2.14. The lowest BCUT2D eigenvalue weighted by Gasteiger charge is -2.21. The first-order valence-corrected chi connectivity index (χ1v) is 6.20. The van der Waals surface area contributed by atoms with E-state index in [1.165, 1.54) is 11.1 Å². The zero-order valence-electron chi connectivity index (χ0n) is 11.4. The molecule has 0 radical (unpaired) electrons. The molecule has 1 unspecified atom stereocenters. The maximum Gasteiger partial charge on any atom is 0.0326 e. The van der Waals surface area contributed by atoms with E-state index in [2.05, 4.69) is 56.3 Å². The van der Waals surface area contributed by atoms with E-state index in [0.29, 0.717) is 6.04 Å². The van der Waals surface area contributed by atoms with E-state index in [0.717, 1.165) is 12.8 Å². The molecule has 0 spiro atoms. The molecule has 0 saturated heterocycles. The number of hydrogen-bond donors (Lipinski definition) is 1. The molecule has 0 fully saturated rings. The molecule has 1 atom stereocenters. The van der Waals surface area contributed by atoms with Crippen LogP contribution in [-0.4, -0.2) is 7.05 Å². The predicted molar refractivity (Wildman–Crippen MR) is 75.0 cm³/mol. The lowest BCUT2D eigenvalue weighted by atomic mass is 9.86. The summed E-state index contributed by atoms with van der Waals surface area (Å²) in [6.45, 7) is 6.70. The van der Waals surface area contributed by atoms with Crippen molar-refractivity contribution in [2.75, 3.05) is 7.05 Å². The lowest BCUT2D eigenvalue weighted by molar-refractivity contribution is 0.555. The van der Waals surface area contributed by atoms with Gasteiger partial charge in [0.15, 0.2) is 0 Å². The van der Waals surface area contributed by atoms with Crippen LogP contribution < -0.4 is 5.32 Å². The van der Waals surface area contributed by atoms with Gasteiger partial charge in [0.1, 0.15) is 0 Å². The zero-order chi connectivity index (χ0) is 12.9. The van der Waals surface area contributed by atoms with Crippen molar-refractivity contribution in [2.24, 2.45) is 0 Å². The van der Waals surface area contributed by atoms with Crippen molar-refractivity contribution in [1.29, 1.82) is 0 Å². The third-order valence-electron chi connectivity index (χ3n) is 3.10. The quantitative estimate of drug-likeness (QED) is 0.777. The van der Waals surface area contributed by atoms with Gasteiger partial charge in [0.2, 0.25) is 0 Å². The Morgan fingerprint density at radius 1 is 1.24 bits per heavy atom. The van der Waals surface area contributed by atoms with Gasteiger partial charge >= 0.3 is 0 Å². The monoisotopic (exact) mass is 229 g/mol. The molecule has 0 heterocycles. The number of rotatable bonds is 4. The molecule has 92 valence electrons. The van der Waals surface area contributed by atoms with Crippen LogP contribution >= 0.6 is 0 Å². The highest BCUT2D eigenvalue weighted by Crippen LogP contribution is 2.25. The number of nitrogens with one attached hydrogen (secondary N) is 1. The first-order valence-electron chi connectivity index (χ1n) is 6.20. The lowest BCUT2D eigenvalue weighted by Crippen LogP contribution is -2.17. The van der Waals surface area contributed by atoms with E-state index in [-0.39, 0.29) is 5.41 Å². The first-order chi connectivity index (χ1) is 7.99. The summed E-state index contributed by atoms with van der Waals surface area (Å²) < 4.78 is 0. The molecular formula is C16H23N. The molecule has 1 heteroatoms. The average molecular weight is 229 g/mol. The first kappa shape index (κ1) is 13.8. The van der Waals surface area contributed by atoms with Gasteiger partial charge in [0, 0.05) is 12.5 Å². The number of benzene rings is 1. The summed E-state index contributed by atoms with van der Waals surface area (Å²) in [5.41, 5.74) is 2.90. The third kappa shape index (κ3) is 3.91. The van der Waals surface area contributed by atoms with Crippen LogP contribution in [0.2, 0.25) is 0 Å². The SMILES string of the molecule is C#CCCC(NC)c1ccc(C(C)(C)C)cc1. The molecule has 0 aromatic heterocycles. The molecule has 1 N–H and O–H groups in total. The average Bonchev–Trinajstić information content (AvgIpc) is 2.29. The van der Waals surface area contributed by atoms with Gasteiger partial charge in [-0.25, -0.2) is 0 Å². The highest BCUT2D eigenvalue weighted by atomic mass is 14.9. The maximum atomic E-state index is 5.31. The fraction of sp³-hybridized carbons (Fsp3) is 0.500. The minimum absolute atomic E-state index is 0.215. The van der Waals surface area contributed by atoms with Crippen LogP contribution in [0.4, 0.5) is 0 Å². The van der Waals surface area contributed by atoms with Crippen LogP contribution in [0.1, 0.15) is 50.8 Å². The predicted octanol–water partition coefficient (Wildman–Crippen LogP) is 3.66. The molecule has 0 bridgehead atoms. The van der Waals surface area contributed by atoms with Gasteiger partial charge < -0.3 is 5.32 Å². The minimum Gasteiger partial charge on any atom is -0.313 e. The van der Waals surface area contributed by atoms with E-state index in [4.69, 9.17) is 6.42 Å². The zero-order valence-corrected chi connectivity index (χ0v) is 11.4. The van der Waals surface area contributed by atoms with Crippen molar-refractivity contribution in [3.05, 3.63) is 35.4 Å². The molecule has 17 heavy (non-hydrogen) atoms. The molecule has 1 aromatic carbocycles. The Labute approximate surface area is 106 Å². The Kier molecular flexibility index (Phi) is 4.78. The number of terminal acetylenes is 1. The van der Waals surface area contributed by atoms with Crippen LogP contribution in [-0.2, 0) is 5.41 Å². The van der Waals surface area contributed by atoms with E-state index in [1.807, 2.05) is 7.05 Å². The fourth-order valence-corrected chi connectivity index (χ4v) is 1.92. The van der Waals surface area contributed by atoms with E-state index >= 15 is 0 Å². The Morgan fingerprint density at radius 3 is 2.24 bits per heavy atom. The summed E-state index contributed by atoms with van der Waals surface area (Å²) in [5.74, 6) is 2.70. The summed E-state index contributed by atoms with van der Waals surface area (Å²) in [7, 11) is 1.98. The molecule has 1 nitrogen and oxygen atoms in total. The Morgan fingerprint density at radius 2 is 1.82 bits per heavy atom. The van der Waals surface area contributed by atoms with Crippen molar-refractivity contribution >= 4 is 0 Å². The Bertz CT molecular complexity index is 375. The topological polar surface area (TPSA) is 12.0 Å². The fourth-order valence-electron chi connectivity index (χ4n) is 1.92. The smallest absolute Gasteiger partial charge is 0.0326 e. The molecule has 1 aromatic rings. The van der Waals surface area contributed by atoms with E-state index in [9.17, 15) is 0 Å². The largest absolute Gasteiger partial charge is 0.313 e. The van der Waals surface area contributed by atoms with Crippen LogP contribution in [0, 0.1) is 12.3 Å². The highest BCUT2D eigenvalue weighted by molar-refractivity contribution is 5.29. The van der Waals surface area contributed by atoms with Gasteiger partial charge in [-0.1, -0.05) is 45.0 Å². The van der Waals surface area contributed by atoms with Gasteiger partial charge in [0.25, 0.3) is 0 Å². The second-order valence-electron chi connectivity index (χ2n) is 5.46. The van der Waals surface area contributed by atoms with Crippen molar-refractivity contribution in [1.82, 2.24) is 5.32 Å². The van der Waals surface area contributed by atoms with Crippen molar-refractivity contribution in [3.63, 3.8) is 0 Å². The molecule has 0 saturated carbocycles. The molecular weight excluding hydrogens is 206 g/mol. The van der Waals surface area contributed by atoms with Crippen LogP contribution in [0.25, 0.3) is 0 Å². The van der Waals surface area contributed by atoms with Crippen LogP contribution in [0.3, 0.4) is 0 Å². The van der Waals surface area contributed by atoms with Gasteiger partial charge in [-0.15, -0.1) is 12.3 Å². The minimum atomic E-state index is 0.215. The standard InChI is InChI=1S/C16H23N/c1-6-7-8-15(17-5)13-9-11-14(12-10-13)16(2,3)4/h1,9-12,15,17H,7-8H2,2-5H3. The summed E-state index contributed by atoms with van der Waals surface area (Å²) in [6, 6.07) is 9.21. The third-order valence-corrected chi connectivity index (χ3v) is 3.10. The van der Waals surface area contributed by atoms with E-state index in [1.54, 1.807) is 0 Å². The normalized spacial score (nSPS) is 13.1.